The summed E-state index contributed by atoms with van der Waals surface area (Å²) in [5.41, 5.74) is 7.16. The lowest BCUT2D eigenvalue weighted by Crippen LogP contribution is -2.22. The number of carbonyl (C=O) groups is 1. The Morgan fingerprint density at radius 2 is 2.50 bits per heavy atom. The van der Waals surface area contributed by atoms with Crippen LogP contribution in [0, 0.1) is 0 Å². The molecule has 1 aromatic heterocycles. The molecular weight excluding hydrogens is 180 g/mol. The minimum Gasteiger partial charge on any atom is -0.397 e. The molecule has 1 amide bonds. The van der Waals surface area contributed by atoms with Crippen molar-refractivity contribution in [3.63, 3.8) is 0 Å². The average Bonchev–Trinajstić information content (AvgIpc) is 2.56. The third kappa shape index (κ3) is 1.76. The van der Waals surface area contributed by atoms with Gasteiger partial charge in [-0.15, -0.1) is 0 Å². The number of anilines is 2. The number of rotatable bonds is 2. The first-order valence-electron chi connectivity index (χ1n) is 4.48. The molecule has 0 radical (unpaired) electrons. The highest BCUT2D eigenvalue weighted by Gasteiger charge is 2.21. The minimum atomic E-state index is 0.0740. The van der Waals surface area contributed by atoms with Gasteiger partial charge in [0, 0.05) is 19.2 Å². The molecular formula is C9H12N4O. The Kier molecular flexibility index (Phi) is 2.22. The third-order valence-electron chi connectivity index (χ3n) is 2.19. The van der Waals surface area contributed by atoms with Crippen molar-refractivity contribution in [2.75, 3.05) is 17.6 Å². The lowest BCUT2D eigenvalue weighted by Gasteiger charge is -2.12. The van der Waals surface area contributed by atoms with E-state index >= 15 is 0 Å². The number of nitrogens with zero attached hydrogens (tertiary/aromatic N) is 1. The first-order chi connectivity index (χ1) is 6.75. The second-order valence-electron chi connectivity index (χ2n) is 3.31. The van der Waals surface area contributed by atoms with Crippen molar-refractivity contribution in [1.82, 2.24) is 10.3 Å². The van der Waals surface area contributed by atoms with Crippen molar-refractivity contribution in [2.45, 2.75) is 12.5 Å². The van der Waals surface area contributed by atoms with Crippen molar-refractivity contribution >= 4 is 17.3 Å². The summed E-state index contributed by atoms with van der Waals surface area (Å²) >= 11 is 0. The summed E-state index contributed by atoms with van der Waals surface area (Å²) in [6.45, 7) is 0.646. The summed E-state index contributed by atoms with van der Waals surface area (Å²) in [7, 11) is 0. The van der Waals surface area contributed by atoms with Crippen LogP contribution in [0.1, 0.15) is 6.42 Å². The van der Waals surface area contributed by atoms with Gasteiger partial charge in [-0.25, -0.2) is 0 Å². The minimum absolute atomic E-state index is 0.0740. The summed E-state index contributed by atoms with van der Waals surface area (Å²) in [4.78, 5) is 14.9. The molecule has 14 heavy (non-hydrogen) atoms. The standard InChI is InChI=1S/C9H12N4O/c10-7-1-2-11-5-8(7)13-6-3-9(14)12-4-6/h1-2,5-6,13H,3-4H2,(H2,10,11)(H,12,14). The van der Waals surface area contributed by atoms with E-state index in [1.54, 1.807) is 18.5 Å². The summed E-state index contributed by atoms with van der Waals surface area (Å²) in [6, 6.07) is 1.85. The third-order valence-corrected chi connectivity index (χ3v) is 2.19. The summed E-state index contributed by atoms with van der Waals surface area (Å²) in [5.74, 6) is 0.0740. The molecule has 4 N–H and O–H groups in total. The molecule has 2 heterocycles. The Labute approximate surface area is 81.7 Å². The molecule has 1 unspecified atom stereocenters. The fourth-order valence-corrected chi connectivity index (χ4v) is 1.45. The average molecular weight is 192 g/mol. The monoisotopic (exact) mass is 192 g/mol. The van der Waals surface area contributed by atoms with Crippen LogP contribution in [0.15, 0.2) is 18.5 Å². The molecule has 74 valence electrons. The molecule has 0 aromatic carbocycles. The molecule has 1 fully saturated rings. The van der Waals surface area contributed by atoms with Gasteiger partial charge in [0.05, 0.1) is 23.6 Å². The number of hydrogen-bond acceptors (Lipinski definition) is 4. The highest BCUT2D eigenvalue weighted by molar-refractivity contribution is 5.80. The largest absolute Gasteiger partial charge is 0.397 e. The number of nitrogen functional groups attached to an aromatic ring is 1. The Hall–Kier alpha value is -1.78. The van der Waals surface area contributed by atoms with Crippen molar-refractivity contribution < 1.29 is 4.79 Å². The van der Waals surface area contributed by atoms with Gasteiger partial charge < -0.3 is 16.4 Å². The maximum atomic E-state index is 10.9. The number of pyridine rings is 1. The molecule has 1 aliphatic rings. The van der Waals surface area contributed by atoms with Gasteiger partial charge in [0.2, 0.25) is 5.91 Å². The first-order valence-corrected chi connectivity index (χ1v) is 4.48. The lowest BCUT2D eigenvalue weighted by atomic mass is 10.2. The van der Waals surface area contributed by atoms with Crippen LogP contribution in [-0.4, -0.2) is 23.5 Å². The van der Waals surface area contributed by atoms with Gasteiger partial charge in [0.25, 0.3) is 0 Å². The zero-order chi connectivity index (χ0) is 9.97. The highest BCUT2D eigenvalue weighted by Crippen LogP contribution is 2.17. The number of nitrogens with one attached hydrogen (secondary N) is 2. The Morgan fingerprint density at radius 1 is 1.64 bits per heavy atom. The molecule has 1 atom stereocenters. The molecule has 1 aromatic rings. The zero-order valence-corrected chi connectivity index (χ0v) is 7.66. The van der Waals surface area contributed by atoms with Gasteiger partial charge in [-0.2, -0.15) is 0 Å². The molecule has 1 saturated heterocycles. The molecule has 0 bridgehead atoms. The second-order valence-corrected chi connectivity index (χ2v) is 3.31. The summed E-state index contributed by atoms with van der Waals surface area (Å²) < 4.78 is 0. The molecule has 0 saturated carbocycles. The van der Waals surface area contributed by atoms with E-state index in [9.17, 15) is 4.79 Å². The highest BCUT2D eigenvalue weighted by atomic mass is 16.1. The molecule has 1 aliphatic heterocycles. The van der Waals surface area contributed by atoms with Crippen LogP contribution in [0.4, 0.5) is 11.4 Å². The van der Waals surface area contributed by atoms with Crippen LogP contribution in [0.25, 0.3) is 0 Å². The Bertz CT molecular complexity index is 352. The Morgan fingerprint density at radius 3 is 3.14 bits per heavy atom. The van der Waals surface area contributed by atoms with E-state index in [2.05, 4.69) is 15.6 Å². The topological polar surface area (TPSA) is 80.0 Å². The van der Waals surface area contributed by atoms with Gasteiger partial charge in [-0.3, -0.25) is 9.78 Å². The molecule has 0 aliphatic carbocycles. The van der Waals surface area contributed by atoms with Crippen molar-refractivity contribution in [1.29, 1.82) is 0 Å². The summed E-state index contributed by atoms with van der Waals surface area (Å²) in [5, 5.41) is 5.92. The number of amides is 1. The maximum absolute atomic E-state index is 10.9. The quantitative estimate of drug-likeness (QED) is 0.614. The number of aromatic nitrogens is 1. The smallest absolute Gasteiger partial charge is 0.222 e. The van der Waals surface area contributed by atoms with Crippen LogP contribution in [0.5, 0.6) is 0 Å². The SMILES string of the molecule is Nc1ccncc1NC1CNC(=O)C1. The predicted octanol–water partition coefficient (Wildman–Crippen LogP) is -0.0358. The summed E-state index contributed by atoms with van der Waals surface area (Å²) in [6.07, 6.45) is 3.80. The Balaban J connectivity index is 2.04. The number of nitrogens with two attached hydrogens (primary N) is 1. The molecule has 5 heteroatoms. The fourth-order valence-electron chi connectivity index (χ4n) is 1.45. The molecule has 5 nitrogen and oxygen atoms in total. The predicted molar refractivity (Wildman–Crippen MR) is 53.7 cm³/mol. The van der Waals surface area contributed by atoms with E-state index in [1.807, 2.05) is 0 Å². The van der Waals surface area contributed by atoms with E-state index in [-0.39, 0.29) is 11.9 Å². The first kappa shape index (κ1) is 8.80. The van der Waals surface area contributed by atoms with Crippen molar-refractivity contribution in [2.24, 2.45) is 0 Å². The van der Waals surface area contributed by atoms with Gasteiger partial charge >= 0.3 is 0 Å². The van der Waals surface area contributed by atoms with E-state index < -0.39 is 0 Å². The zero-order valence-electron chi connectivity index (χ0n) is 7.66. The van der Waals surface area contributed by atoms with Crippen LogP contribution < -0.4 is 16.4 Å². The second kappa shape index (κ2) is 3.53. The lowest BCUT2D eigenvalue weighted by molar-refractivity contribution is -0.119. The molecule has 2 rings (SSSR count). The maximum Gasteiger partial charge on any atom is 0.222 e. The van der Waals surface area contributed by atoms with Crippen LogP contribution in [-0.2, 0) is 4.79 Å². The number of carbonyl (C=O) groups excluding carboxylic acids is 1. The normalized spacial score (nSPS) is 20.6. The van der Waals surface area contributed by atoms with E-state index in [4.69, 9.17) is 5.73 Å². The molecule has 0 spiro atoms. The van der Waals surface area contributed by atoms with Crippen molar-refractivity contribution in [3.05, 3.63) is 18.5 Å². The van der Waals surface area contributed by atoms with E-state index in [0.717, 1.165) is 5.69 Å². The van der Waals surface area contributed by atoms with Gasteiger partial charge in [-0.1, -0.05) is 0 Å². The van der Waals surface area contributed by atoms with Gasteiger partial charge in [0.1, 0.15) is 0 Å². The van der Waals surface area contributed by atoms with Crippen LogP contribution in [0.3, 0.4) is 0 Å². The van der Waals surface area contributed by atoms with E-state index in [1.165, 1.54) is 0 Å². The number of hydrogen-bond donors (Lipinski definition) is 3. The fraction of sp³-hybridized carbons (Fsp3) is 0.333. The van der Waals surface area contributed by atoms with Gasteiger partial charge in [-0.05, 0) is 6.07 Å². The van der Waals surface area contributed by atoms with Crippen molar-refractivity contribution in [3.8, 4) is 0 Å². The van der Waals surface area contributed by atoms with Crippen LogP contribution >= 0.6 is 0 Å². The van der Waals surface area contributed by atoms with Gasteiger partial charge in [0.15, 0.2) is 0 Å². The van der Waals surface area contributed by atoms with Crippen LogP contribution in [0.2, 0.25) is 0 Å². The van der Waals surface area contributed by atoms with E-state index in [0.29, 0.717) is 18.7 Å².